The molecule has 0 aliphatic carbocycles. The van der Waals surface area contributed by atoms with Crippen LogP contribution in [0.3, 0.4) is 0 Å². The molecule has 0 N–H and O–H groups in total. The first-order chi connectivity index (χ1) is 5.80. The number of halogens is 1. The van der Waals surface area contributed by atoms with Crippen molar-refractivity contribution >= 4 is 15.9 Å². The molecule has 0 aliphatic rings. The molecule has 4 heteroatoms. The lowest BCUT2D eigenvalue weighted by Crippen LogP contribution is -1.93. The molecule has 1 rings (SSSR count). The second kappa shape index (κ2) is 4.30. The number of aromatic nitrogens is 1. The molecule has 12 heavy (non-hydrogen) atoms. The van der Waals surface area contributed by atoms with Gasteiger partial charge in [-0.2, -0.15) is 4.98 Å². The molecule has 1 aromatic rings. The van der Waals surface area contributed by atoms with E-state index in [4.69, 9.17) is 9.47 Å². The molecule has 0 fully saturated rings. The Bertz CT molecular complexity index is 210. The van der Waals surface area contributed by atoms with Crippen LogP contribution in [0.2, 0.25) is 0 Å². The molecule has 0 spiro atoms. The first kappa shape index (κ1) is 9.32. The number of nitrogens with zero attached hydrogens (tertiary/aromatic N) is 1. The summed E-state index contributed by atoms with van der Waals surface area (Å²) < 4.78 is 9.97. The zero-order valence-electron chi connectivity index (χ0n) is 7.00. The number of hydrogen-bond donors (Lipinski definition) is 0. The maximum atomic E-state index is 4.99. The second-order valence-corrected chi connectivity index (χ2v) is 2.75. The number of ether oxygens (including phenoxy) is 2. The van der Waals surface area contributed by atoms with Crippen molar-refractivity contribution in [3.63, 3.8) is 0 Å². The highest BCUT2D eigenvalue weighted by Gasteiger charge is 2.01. The van der Waals surface area contributed by atoms with Gasteiger partial charge in [0, 0.05) is 17.5 Å². The lowest BCUT2D eigenvalue weighted by atomic mass is 10.3. The van der Waals surface area contributed by atoms with E-state index in [1.807, 2.05) is 12.1 Å². The van der Waals surface area contributed by atoms with Crippen molar-refractivity contribution < 1.29 is 9.47 Å². The van der Waals surface area contributed by atoms with Crippen LogP contribution in [-0.4, -0.2) is 19.2 Å². The highest BCUT2D eigenvalue weighted by Crippen LogP contribution is 2.18. The van der Waals surface area contributed by atoms with E-state index in [9.17, 15) is 0 Å². The summed E-state index contributed by atoms with van der Waals surface area (Å²) in [5, 5.41) is 0.766. The molecule has 0 saturated carbocycles. The second-order valence-electron chi connectivity index (χ2n) is 2.19. The van der Waals surface area contributed by atoms with Crippen molar-refractivity contribution in [2.75, 3.05) is 14.2 Å². The third-order valence-electron chi connectivity index (χ3n) is 1.41. The van der Waals surface area contributed by atoms with E-state index in [-0.39, 0.29) is 0 Å². The average Bonchev–Trinajstić information content (AvgIpc) is 2.16. The van der Waals surface area contributed by atoms with E-state index in [0.717, 1.165) is 10.9 Å². The third kappa shape index (κ3) is 2.11. The van der Waals surface area contributed by atoms with Crippen LogP contribution in [0.25, 0.3) is 0 Å². The molecular weight excluding hydrogens is 222 g/mol. The van der Waals surface area contributed by atoms with E-state index < -0.39 is 0 Å². The van der Waals surface area contributed by atoms with Crippen molar-refractivity contribution in [1.29, 1.82) is 0 Å². The molecule has 0 aromatic carbocycles. The highest BCUT2D eigenvalue weighted by molar-refractivity contribution is 9.08. The Morgan fingerprint density at radius 3 is 2.08 bits per heavy atom. The van der Waals surface area contributed by atoms with Crippen LogP contribution in [0.5, 0.6) is 11.8 Å². The largest absolute Gasteiger partial charge is 0.481 e. The summed E-state index contributed by atoms with van der Waals surface area (Å²) in [6.07, 6.45) is 0. The standard InChI is InChI=1S/C8H10BrNO2/c1-11-7-3-6(5-9)4-8(10-7)12-2/h3-4H,5H2,1-2H3. The molecule has 0 atom stereocenters. The third-order valence-corrected chi connectivity index (χ3v) is 2.06. The Morgan fingerprint density at radius 2 is 1.75 bits per heavy atom. The maximum Gasteiger partial charge on any atom is 0.216 e. The van der Waals surface area contributed by atoms with Gasteiger partial charge in [-0.25, -0.2) is 0 Å². The zero-order valence-corrected chi connectivity index (χ0v) is 8.59. The fourth-order valence-corrected chi connectivity index (χ4v) is 1.14. The maximum absolute atomic E-state index is 4.99. The van der Waals surface area contributed by atoms with E-state index in [1.165, 1.54) is 0 Å². The van der Waals surface area contributed by atoms with Gasteiger partial charge in [-0.3, -0.25) is 0 Å². The summed E-state index contributed by atoms with van der Waals surface area (Å²) in [6, 6.07) is 3.72. The van der Waals surface area contributed by atoms with Crippen LogP contribution in [0.4, 0.5) is 0 Å². The van der Waals surface area contributed by atoms with Crippen molar-refractivity contribution in [3.05, 3.63) is 17.7 Å². The lowest BCUT2D eigenvalue weighted by molar-refractivity contribution is 0.364. The van der Waals surface area contributed by atoms with Gasteiger partial charge in [-0.15, -0.1) is 0 Å². The fraction of sp³-hybridized carbons (Fsp3) is 0.375. The summed E-state index contributed by atoms with van der Waals surface area (Å²) in [5.41, 5.74) is 1.08. The minimum Gasteiger partial charge on any atom is -0.481 e. The van der Waals surface area contributed by atoms with E-state index in [1.54, 1.807) is 14.2 Å². The summed E-state index contributed by atoms with van der Waals surface area (Å²) in [4.78, 5) is 4.05. The van der Waals surface area contributed by atoms with Gasteiger partial charge < -0.3 is 9.47 Å². The smallest absolute Gasteiger partial charge is 0.216 e. The number of alkyl halides is 1. The van der Waals surface area contributed by atoms with E-state index in [0.29, 0.717) is 11.8 Å². The highest BCUT2D eigenvalue weighted by atomic mass is 79.9. The monoisotopic (exact) mass is 231 g/mol. The van der Waals surface area contributed by atoms with E-state index in [2.05, 4.69) is 20.9 Å². The van der Waals surface area contributed by atoms with Crippen LogP contribution < -0.4 is 9.47 Å². The van der Waals surface area contributed by atoms with Crippen molar-refractivity contribution in [1.82, 2.24) is 4.98 Å². The SMILES string of the molecule is COc1cc(CBr)cc(OC)n1. The van der Waals surface area contributed by atoms with Gasteiger partial charge in [-0.05, 0) is 5.56 Å². The summed E-state index contributed by atoms with van der Waals surface area (Å²) in [7, 11) is 3.17. The van der Waals surface area contributed by atoms with Crippen molar-refractivity contribution in [2.45, 2.75) is 5.33 Å². The number of rotatable bonds is 3. The molecule has 1 heterocycles. The number of pyridine rings is 1. The van der Waals surface area contributed by atoms with Crippen LogP contribution in [0.1, 0.15) is 5.56 Å². The summed E-state index contributed by atoms with van der Waals surface area (Å²) in [5.74, 6) is 1.15. The van der Waals surface area contributed by atoms with Gasteiger partial charge >= 0.3 is 0 Å². The molecule has 66 valence electrons. The molecule has 0 saturated heterocycles. The molecular formula is C8H10BrNO2. The van der Waals surface area contributed by atoms with Crippen LogP contribution in [0.15, 0.2) is 12.1 Å². The van der Waals surface area contributed by atoms with Crippen LogP contribution in [-0.2, 0) is 5.33 Å². The molecule has 0 unspecified atom stereocenters. The van der Waals surface area contributed by atoms with Gasteiger partial charge in [0.25, 0.3) is 0 Å². The predicted molar refractivity (Wildman–Crippen MR) is 50.0 cm³/mol. The summed E-state index contributed by atoms with van der Waals surface area (Å²) >= 11 is 3.35. The normalized spacial score (nSPS) is 9.58. The lowest BCUT2D eigenvalue weighted by Gasteiger charge is -2.04. The molecule has 0 bridgehead atoms. The Labute approximate surface area is 79.8 Å². The number of methoxy groups -OCH3 is 2. The molecule has 3 nitrogen and oxygen atoms in total. The molecule has 0 radical (unpaired) electrons. The Hall–Kier alpha value is -0.770. The van der Waals surface area contributed by atoms with Gasteiger partial charge in [-0.1, -0.05) is 15.9 Å². The van der Waals surface area contributed by atoms with E-state index >= 15 is 0 Å². The van der Waals surface area contributed by atoms with Gasteiger partial charge in [0.1, 0.15) is 0 Å². The number of hydrogen-bond acceptors (Lipinski definition) is 3. The topological polar surface area (TPSA) is 31.4 Å². The fourth-order valence-electron chi connectivity index (χ4n) is 0.818. The van der Waals surface area contributed by atoms with Crippen LogP contribution >= 0.6 is 15.9 Å². The Morgan fingerprint density at radius 1 is 1.25 bits per heavy atom. The molecule has 0 aliphatic heterocycles. The first-order valence-electron chi connectivity index (χ1n) is 3.45. The minimum absolute atomic E-state index is 0.573. The van der Waals surface area contributed by atoms with Gasteiger partial charge in [0.2, 0.25) is 11.8 Å². The summed E-state index contributed by atoms with van der Waals surface area (Å²) in [6.45, 7) is 0. The molecule has 1 aromatic heterocycles. The average molecular weight is 232 g/mol. The quantitative estimate of drug-likeness (QED) is 0.747. The van der Waals surface area contributed by atoms with Crippen molar-refractivity contribution in [2.24, 2.45) is 0 Å². The predicted octanol–water partition coefficient (Wildman–Crippen LogP) is 1.99. The first-order valence-corrected chi connectivity index (χ1v) is 4.57. The minimum atomic E-state index is 0.573. The van der Waals surface area contributed by atoms with Gasteiger partial charge in [0.05, 0.1) is 14.2 Å². The Kier molecular flexibility index (Phi) is 3.34. The Balaban J connectivity index is 3.01. The van der Waals surface area contributed by atoms with Gasteiger partial charge in [0.15, 0.2) is 0 Å². The zero-order chi connectivity index (χ0) is 8.97. The molecule has 0 amide bonds. The van der Waals surface area contributed by atoms with Crippen LogP contribution in [0, 0.1) is 0 Å². The van der Waals surface area contributed by atoms with Crippen molar-refractivity contribution in [3.8, 4) is 11.8 Å².